The number of aliphatic hydroxyl groups is 1. The summed E-state index contributed by atoms with van der Waals surface area (Å²) in [5.41, 5.74) is 0. The van der Waals surface area contributed by atoms with Crippen molar-refractivity contribution in [3.63, 3.8) is 0 Å². The number of carbonyl (C=O) groups is 1. The molecule has 0 spiro atoms. The molecule has 2 fully saturated rings. The highest BCUT2D eigenvalue weighted by Crippen LogP contribution is 2.24. The molecule has 0 aliphatic carbocycles. The molecule has 0 radical (unpaired) electrons. The Morgan fingerprint density at radius 3 is 2.50 bits per heavy atom. The summed E-state index contributed by atoms with van der Waals surface area (Å²) in [4.78, 5) is 13.7. The van der Waals surface area contributed by atoms with Gasteiger partial charge >= 0.3 is 0 Å². The quantitative estimate of drug-likeness (QED) is 0.786. The number of nitrogens with zero attached hydrogens (tertiary/aromatic N) is 1. The second-order valence-corrected chi connectivity index (χ2v) is 8.47. The molecule has 1 N–H and O–H groups in total. The van der Waals surface area contributed by atoms with Crippen LogP contribution in [-0.2, 0) is 14.6 Å². The van der Waals surface area contributed by atoms with Crippen LogP contribution in [0.3, 0.4) is 0 Å². The highest BCUT2D eigenvalue weighted by atomic mass is 32.2. The van der Waals surface area contributed by atoms with Crippen molar-refractivity contribution in [1.82, 2.24) is 4.90 Å². The maximum absolute atomic E-state index is 11.9. The number of hydrogen-bond donors (Lipinski definition) is 1. The number of amides is 1. The summed E-state index contributed by atoms with van der Waals surface area (Å²) in [7, 11) is -2.85. The van der Waals surface area contributed by atoms with Crippen molar-refractivity contribution in [2.24, 2.45) is 0 Å². The number of piperidine rings is 1. The third kappa shape index (κ3) is 3.86. The average molecular weight is 293 g/mol. The first-order valence-corrected chi connectivity index (χ1v) is 9.11. The van der Waals surface area contributed by atoms with Crippen LogP contribution in [0.1, 0.15) is 19.3 Å². The number of carbonyl (C=O) groups excluding carboxylic acids is 1. The van der Waals surface area contributed by atoms with Gasteiger partial charge < -0.3 is 10.0 Å². The Hall–Kier alpha value is -0.270. The van der Waals surface area contributed by atoms with E-state index in [1.165, 1.54) is 11.8 Å². The molecule has 2 rings (SSSR count). The lowest BCUT2D eigenvalue weighted by molar-refractivity contribution is -0.130. The minimum absolute atomic E-state index is 0.0659. The lowest BCUT2D eigenvalue weighted by Gasteiger charge is -2.29. The molecule has 1 unspecified atom stereocenters. The van der Waals surface area contributed by atoms with E-state index in [2.05, 4.69) is 0 Å². The van der Waals surface area contributed by atoms with Crippen LogP contribution in [0.5, 0.6) is 0 Å². The van der Waals surface area contributed by atoms with Gasteiger partial charge in [0.15, 0.2) is 9.84 Å². The lowest BCUT2D eigenvalue weighted by Crippen LogP contribution is -2.41. The summed E-state index contributed by atoms with van der Waals surface area (Å²) >= 11 is 1.46. The molecule has 18 heavy (non-hydrogen) atoms. The number of rotatable bonds is 3. The van der Waals surface area contributed by atoms with Gasteiger partial charge in [0.05, 0.1) is 23.4 Å². The minimum atomic E-state index is -2.85. The van der Waals surface area contributed by atoms with Crippen molar-refractivity contribution < 1.29 is 18.3 Å². The van der Waals surface area contributed by atoms with Crippen LogP contribution in [0.25, 0.3) is 0 Å². The fourth-order valence-corrected chi connectivity index (χ4v) is 5.83. The van der Waals surface area contributed by atoms with Crippen LogP contribution < -0.4 is 0 Å². The third-order valence-electron chi connectivity index (χ3n) is 3.45. The van der Waals surface area contributed by atoms with Gasteiger partial charge in [0.1, 0.15) is 0 Å². The van der Waals surface area contributed by atoms with Gasteiger partial charge in [0, 0.05) is 18.3 Å². The second kappa shape index (κ2) is 5.79. The Balaban J connectivity index is 1.72. The molecule has 2 aliphatic heterocycles. The molecule has 0 aromatic rings. The van der Waals surface area contributed by atoms with Crippen LogP contribution in [-0.4, -0.2) is 66.0 Å². The highest BCUT2D eigenvalue weighted by Gasteiger charge is 2.29. The van der Waals surface area contributed by atoms with E-state index >= 15 is 0 Å². The van der Waals surface area contributed by atoms with Gasteiger partial charge in [0.2, 0.25) is 5.91 Å². The number of likely N-dealkylation sites (tertiary alicyclic amines) is 1. The summed E-state index contributed by atoms with van der Waals surface area (Å²) in [5, 5.41) is 9.44. The molecule has 7 heteroatoms. The van der Waals surface area contributed by atoms with Crippen molar-refractivity contribution in [2.75, 3.05) is 30.3 Å². The van der Waals surface area contributed by atoms with Gasteiger partial charge in [-0.15, -0.1) is 11.8 Å². The van der Waals surface area contributed by atoms with Crippen LogP contribution in [0, 0.1) is 0 Å². The monoisotopic (exact) mass is 293 g/mol. The first-order valence-electron chi connectivity index (χ1n) is 6.24. The third-order valence-corrected chi connectivity index (χ3v) is 6.72. The molecule has 2 saturated heterocycles. The largest absolute Gasteiger partial charge is 0.393 e. The van der Waals surface area contributed by atoms with Gasteiger partial charge in [-0.3, -0.25) is 4.79 Å². The molecule has 0 aromatic carbocycles. The molecule has 1 atom stereocenters. The van der Waals surface area contributed by atoms with Crippen LogP contribution in [0.15, 0.2) is 0 Å². The first kappa shape index (κ1) is 14.1. The summed E-state index contributed by atoms with van der Waals surface area (Å²) in [5.74, 6) is 0.894. The number of aliphatic hydroxyl groups excluding tert-OH is 1. The Kier molecular flexibility index (Phi) is 4.55. The Labute approximate surface area is 112 Å². The SMILES string of the molecule is O=C(CSC1CCS(=O)(=O)C1)N1CCC(O)CC1. The summed E-state index contributed by atoms with van der Waals surface area (Å²) in [6.07, 6.45) is 1.68. The van der Waals surface area contributed by atoms with Crippen LogP contribution in [0.2, 0.25) is 0 Å². The lowest BCUT2D eigenvalue weighted by atomic mass is 10.1. The van der Waals surface area contributed by atoms with Gasteiger partial charge in [-0.05, 0) is 19.3 Å². The maximum atomic E-state index is 11.9. The van der Waals surface area contributed by atoms with E-state index in [-0.39, 0.29) is 28.8 Å². The zero-order chi connectivity index (χ0) is 13.2. The van der Waals surface area contributed by atoms with Crippen molar-refractivity contribution in [3.8, 4) is 0 Å². The molecule has 5 nitrogen and oxygen atoms in total. The van der Waals surface area contributed by atoms with Crippen LogP contribution >= 0.6 is 11.8 Å². The van der Waals surface area contributed by atoms with Crippen molar-refractivity contribution in [3.05, 3.63) is 0 Å². The standard InChI is InChI=1S/C11H19NO4S2/c13-9-1-4-12(5-2-9)11(14)7-17-10-3-6-18(15,16)8-10/h9-10,13H,1-8H2. The van der Waals surface area contributed by atoms with Crippen molar-refractivity contribution >= 4 is 27.5 Å². The zero-order valence-corrected chi connectivity index (χ0v) is 11.9. The number of thioether (sulfide) groups is 1. The summed E-state index contributed by atoms with van der Waals surface area (Å²) < 4.78 is 22.6. The van der Waals surface area contributed by atoms with Gasteiger partial charge in [-0.2, -0.15) is 0 Å². The van der Waals surface area contributed by atoms with Gasteiger partial charge in [-0.1, -0.05) is 0 Å². The van der Waals surface area contributed by atoms with E-state index in [0.717, 1.165) is 0 Å². The fraction of sp³-hybridized carbons (Fsp3) is 0.909. The smallest absolute Gasteiger partial charge is 0.232 e. The van der Waals surface area contributed by atoms with E-state index < -0.39 is 9.84 Å². The Bertz CT molecular complexity index is 401. The van der Waals surface area contributed by atoms with Gasteiger partial charge in [0.25, 0.3) is 0 Å². The van der Waals surface area contributed by atoms with E-state index in [1.807, 2.05) is 0 Å². The Morgan fingerprint density at radius 1 is 1.28 bits per heavy atom. The molecule has 2 aliphatic rings. The second-order valence-electron chi connectivity index (χ2n) is 4.95. The maximum Gasteiger partial charge on any atom is 0.232 e. The Morgan fingerprint density at radius 2 is 1.94 bits per heavy atom. The van der Waals surface area contributed by atoms with E-state index in [0.29, 0.717) is 38.1 Å². The molecule has 1 amide bonds. The first-order chi connectivity index (χ1) is 8.46. The molecule has 0 saturated carbocycles. The average Bonchev–Trinajstić information content (AvgIpc) is 2.67. The van der Waals surface area contributed by atoms with E-state index in [9.17, 15) is 18.3 Å². The van der Waals surface area contributed by atoms with Gasteiger partial charge in [-0.25, -0.2) is 8.42 Å². The number of hydrogen-bond acceptors (Lipinski definition) is 5. The molecule has 0 bridgehead atoms. The topological polar surface area (TPSA) is 74.7 Å². The summed E-state index contributed by atoms with van der Waals surface area (Å²) in [6.45, 7) is 1.23. The molecular formula is C11H19NO4S2. The van der Waals surface area contributed by atoms with E-state index in [4.69, 9.17) is 0 Å². The predicted molar refractivity (Wildman–Crippen MR) is 71.3 cm³/mol. The molecular weight excluding hydrogens is 274 g/mol. The normalized spacial score (nSPS) is 28.5. The minimum Gasteiger partial charge on any atom is -0.393 e. The molecule has 2 heterocycles. The highest BCUT2D eigenvalue weighted by molar-refractivity contribution is 8.02. The molecule has 0 aromatic heterocycles. The van der Waals surface area contributed by atoms with E-state index in [1.54, 1.807) is 4.90 Å². The summed E-state index contributed by atoms with van der Waals surface area (Å²) in [6, 6.07) is 0. The van der Waals surface area contributed by atoms with Crippen molar-refractivity contribution in [2.45, 2.75) is 30.6 Å². The zero-order valence-electron chi connectivity index (χ0n) is 10.2. The van der Waals surface area contributed by atoms with Crippen LogP contribution in [0.4, 0.5) is 0 Å². The van der Waals surface area contributed by atoms with Crippen molar-refractivity contribution in [1.29, 1.82) is 0 Å². The predicted octanol–water partition coefficient (Wildman–Crippen LogP) is -0.110. The number of sulfone groups is 1. The molecule has 104 valence electrons. The fourth-order valence-electron chi connectivity index (χ4n) is 2.29.